The number of urea groups is 1. The van der Waals surface area contributed by atoms with Crippen LogP contribution < -0.4 is 5.32 Å². The number of nitrogens with zero attached hydrogens (tertiary/aromatic N) is 3. The van der Waals surface area contributed by atoms with Gasteiger partial charge in [-0.05, 0) is 43.7 Å². The molecular formula is C20H32N4O. The summed E-state index contributed by atoms with van der Waals surface area (Å²) in [7, 11) is 1.96. The maximum atomic E-state index is 12.4. The Kier molecular flexibility index (Phi) is 6.68. The van der Waals surface area contributed by atoms with Gasteiger partial charge < -0.3 is 15.1 Å². The molecule has 0 unspecified atom stereocenters. The summed E-state index contributed by atoms with van der Waals surface area (Å²) in [6.07, 6.45) is 10.2. The molecule has 2 aliphatic rings. The summed E-state index contributed by atoms with van der Waals surface area (Å²) < 4.78 is 0. The molecule has 0 aromatic carbocycles. The van der Waals surface area contributed by atoms with Crippen molar-refractivity contribution in [2.45, 2.75) is 51.0 Å². The van der Waals surface area contributed by atoms with Crippen molar-refractivity contribution in [2.75, 3.05) is 33.2 Å². The number of nitrogens with one attached hydrogen (secondary N) is 1. The fraction of sp³-hybridized carbons (Fsp3) is 0.700. The van der Waals surface area contributed by atoms with Crippen LogP contribution in [0.3, 0.4) is 0 Å². The molecule has 5 nitrogen and oxygen atoms in total. The summed E-state index contributed by atoms with van der Waals surface area (Å²) in [6.45, 7) is 4.04. The van der Waals surface area contributed by atoms with Crippen molar-refractivity contribution in [3.8, 4) is 0 Å². The molecule has 0 bridgehead atoms. The van der Waals surface area contributed by atoms with E-state index >= 15 is 0 Å². The Morgan fingerprint density at radius 1 is 1.24 bits per heavy atom. The van der Waals surface area contributed by atoms with Crippen molar-refractivity contribution < 1.29 is 4.79 Å². The number of pyridine rings is 1. The molecule has 0 radical (unpaired) electrons. The van der Waals surface area contributed by atoms with Crippen LogP contribution in [0.2, 0.25) is 0 Å². The summed E-state index contributed by atoms with van der Waals surface area (Å²) in [6, 6.07) is 6.58. The minimum absolute atomic E-state index is 0.110. The number of carbonyl (C=O) groups is 1. The molecular weight excluding hydrogens is 312 g/mol. The first kappa shape index (κ1) is 18.2. The highest BCUT2D eigenvalue weighted by Crippen LogP contribution is 2.24. The monoisotopic (exact) mass is 344 g/mol. The number of piperidine rings is 1. The van der Waals surface area contributed by atoms with Gasteiger partial charge in [0.25, 0.3) is 0 Å². The lowest BCUT2D eigenvalue weighted by atomic mass is 10.0. The lowest BCUT2D eigenvalue weighted by Crippen LogP contribution is -2.49. The summed E-state index contributed by atoms with van der Waals surface area (Å²) in [5.74, 6) is 0.700. The van der Waals surface area contributed by atoms with Crippen LogP contribution in [0.15, 0.2) is 24.4 Å². The van der Waals surface area contributed by atoms with Crippen molar-refractivity contribution in [1.82, 2.24) is 20.1 Å². The third-order valence-electron chi connectivity index (χ3n) is 5.85. The van der Waals surface area contributed by atoms with Crippen LogP contribution in [0.5, 0.6) is 0 Å². The van der Waals surface area contributed by atoms with Gasteiger partial charge in [-0.1, -0.05) is 18.9 Å². The quantitative estimate of drug-likeness (QED) is 0.863. The van der Waals surface area contributed by atoms with Crippen LogP contribution in [0.1, 0.15) is 44.2 Å². The lowest BCUT2D eigenvalue weighted by molar-refractivity contribution is 0.134. The van der Waals surface area contributed by atoms with E-state index in [1.165, 1.54) is 25.7 Å². The highest BCUT2D eigenvalue weighted by atomic mass is 16.2. The van der Waals surface area contributed by atoms with Crippen LogP contribution in [0, 0.1) is 5.92 Å². The van der Waals surface area contributed by atoms with Gasteiger partial charge in [0.15, 0.2) is 0 Å². The molecule has 25 heavy (non-hydrogen) atoms. The number of hydrogen-bond acceptors (Lipinski definition) is 3. The first-order valence-corrected chi connectivity index (χ1v) is 9.85. The lowest BCUT2D eigenvalue weighted by Gasteiger charge is -2.36. The maximum Gasteiger partial charge on any atom is 0.317 e. The van der Waals surface area contributed by atoms with E-state index in [4.69, 9.17) is 0 Å². The van der Waals surface area contributed by atoms with Crippen LogP contribution >= 0.6 is 0 Å². The van der Waals surface area contributed by atoms with Crippen LogP contribution in [0.4, 0.5) is 4.79 Å². The van der Waals surface area contributed by atoms with E-state index in [0.29, 0.717) is 12.0 Å². The second kappa shape index (κ2) is 9.18. The number of rotatable bonds is 6. The zero-order chi connectivity index (χ0) is 17.5. The highest BCUT2D eigenvalue weighted by molar-refractivity contribution is 5.74. The van der Waals surface area contributed by atoms with Gasteiger partial charge in [-0.15, -0.1) is 0 Å². The van der Waals surface area contributed by atoms with E-state index in [1.54, 1.807) is 0 Å². The molecule has 3 rings (SSSR count). The second-order valence-corrected chi connectivity index (χ2v) is 7.59. The van der Waals surface area contributed by atoms with E-state index in [-0.39, 0.29) is 6.03 Å². The molecule has 1 saturated heterocycles. The van der Waals surface area contributed by atoms with Crippen molar-refractivity contribution in [2.24, 2.45) is 5.92 Å². The van der Waals surface area contributed by atoms with Gasteiger partial charge in [0, 0.05) is 57.6 Å². The number of carbonyl (C=O) groups excluding carboxylic acids is 1. The Hall–Kier alpha value is -1.62. The Bertz CT molecular complexity index is 522. The first-order chi connectivity index (χ1) is 12.2. The second-order valence-electron chi connectivity index (χ2n) is 7.59. The van der Waals surface area contributed by atoms with E-state index in [0.717, 1.165) is 51.1 Å². The molecule has 1 aromatic heterocycles. The Balaban J connectivity index is 1.35. The van der Waals surface area contributed by atoms with Crippen molar-refractivity contribution >= 4 is 6.03 Å². The topological polar surface area (TPSA) is 48.5 Å². The van der Waals surface area contributed by atoms with Crippen molar-refractivity contribution in [1.29, 1.82) is 0 Å². The smallest absolute Gasteiger partial charge is 0.317 e. The summed E-state index contributed by atoms with van der Waals surface area (Å²) in [5.41, 5.74) is 1.16. The molecule has 2 amide bonds. The van der Waals surface area contributed by atoms with E-state index < -0.39 is 0 Å². The standard InChI is InChI=1S/C20H32N4O/c1-23(20(25)22-16-17-6-2-3-7-17)19-10-14-24(15-11-19)13-9-18-8-4-5-12-21-18/h4-5,8,12,17,19H,2-3,6-7,9-11,13-16H2,1H3,(H,22,25). The molecule has 1 N–H and O–H groups in total. The number of aromatic nitrogens is 1. The van der Waals surface area contributed by atoms with Crippen LogP contribution in [0.25, 0.3) is 0 Å². The fourth-order valence-corrected chi connectivity index (χ4v) is 4.09. The SMILES string of the molecule is CN(C(=O)NCC1CCCC1)C1CCN(CCc2ccccn2)CC1. The molecule has 1 aliphatic carbocycles. The predicted octanol–water partition coefficient (Wildman–Crippen LogP) is 2.92. The Labute approximate surface area is 151 Å². The molecule has 2 heterocycles. The predicted molar refractivity (Wildman–Crippen MR) is 101 cm³/mol. The molecule has 1 saturated carbocycles. The maximum absolute atomic E-state index is 12.4. The largest absolute Gasteiger partial charge is 0.338 e. The average Bonchev–Trinajstić information content (AvgIpc) is 3.19. The highest BCUT2D eigenvalue weighted by Gasteiger charge is 2.25. The van der Waals surface area contributed by atoms with E-state index in [9.17, 15) is 4.79 Å². The van der Waals surface area contributed by atoms with Gasteiger partial charge in [-0.25, -0.2) is 4.79 Å². The third-order valence-corrected chi connectivity index (χ3v) is 5.85. The number of amides is 2. The minimum atomic E-state index is 0.110. The fourth-order valence-electron chi connectivity index (χ4n) is 4.09. The van der Waals surface area contributed by atoms with E-state index in [2.05, 4.69) is 21.3 Å². The van der Waals surface area contributed by atoms with Gasteiger partial charge in [-0.2, -0.15) is 0 Å². The molecule has 5 heteroatoms. The van der Waals surface area contributed by atoms with Gasteiger partial charge in [0.05, 0.1) is 0 Å². The summed E-state index contributed by atoms with van der Waals surface area (Å²) in [4.78, 5) is 21.2. The normalized spacial score (nSPS) is 19.9. The van der Waals surface area contributed by atoms with Gasteiger partial charge >= 0.3 is 6.03 Å². The van der Waals surface area contributed by atoms with Gasteiger partial charge in [0.1, 0.15) is 0 Å². The van der Waals surface area contributed by atoms with Crippen molar-refractivity contribution in [3.63, 3.8) is 0 Å². The zero-order valence-corrected chi connectivity index (χ0v) is 15.5. The van der Waals surface area contributed by atoms with Crippen molar-refractivity contribution in [3.05, 3.63) is 30.1 Å². The van der Waals surface area contributed by atoms with E-state index in [1.807, 2.05) is 30.3 Å². The Morgan fingerprint density at radius 3 is 2.68 bits per heavy atom. The van der Waals surface area contributed by atoms with Crippen LogP contribution in [-0.4, -0.2) is 60.1 Å². The first-order valence-electron chi connectivity index (χ1n) is 9.85. The molecule has 0 atom stereocenters. The summed E-state index contributed by atoms with van der Waals surface area (Å²) in [5, 5.41) is 3.14. The third kappa shape index (κ3) is 5.43. The molecule has 1 aliphatic heterocycles. The minimum Gasteiger partial charge on any atom is -0.338 e. The number of hydrogen-bond donors (Lipinski definition) is 1. The average molecular weight is 345 g/mol. The van der Waals surface area contributed by atoms with Gasteiger partial charge in [0.2, 0.25) is 0 Å². The zero-order valence-electron chi connectivity index (χ0n) is 15.5. The van der Waals surface area contributed by atoms with Gasteiger partial charge in [-0.3, -0.25) is 4.98 Å². The molecule has 2 fully saturated rings. The molecule has 1 aromatic rings. The Morgan fingerprint density at radius 2 is 2.00 bits per heavy atom. The molecule has 138 valence electrons. The summed E-state index contributed by atoms with van der Waals surface area (Å²) >= 11 is 0. The molecule has 0 spiro atoms. The van der Waals surface area contributed by atoms with Crippen LogP contribution in [-0.2, 0) is 6.42 Å². The number of likely N-dealkylation sites (tertiary alicyclic amines) is 1.